The molecule has 4 rings (SSSR count). The lowest BCUT2D eigenvalue weighted by Gasteiger charge is -2.24. The van der Waals surface area contributed by atoms with Crippen LogP contribution >= 0.6 is 0 Å². The third kappa shape index (κ3) is 3.26. The number of aliphatic imine (C=N–C) groups is 1. The molecule has 1 aromatic carbocycles. The Balaban J connectivity index is 1.67. The van der Waals surface area contributed by atoms with Gasteiger partial charge in [-0.25, -0.2) is 4.98 Å². The summed E-state index contributed by atoms with van der Waals surface area (Å²) < 4.78 is 11.6. The Kier molecular flexibility index (Phi) is 4.45. The second kappa shape index (κ2) is 7.04. The molecule has 0 radical (unpaired) electrons. The highest BCUT2D eigenvalue weighted by Crippen LogP contribution is 2.31. The lowest BCUT2D eigenvalue weighted by atomic mass is 9.99. The van der Waals surface area contributed by atoms with Crippen LogP contribution in [0.1, 0.15) is 35.1 Å². The van der Waals surface area contributed by atoms with E-state index in [1.807, 2.05) is 30.3 Å². The number of nitriles is 1. The SMILES string of the molecule is N#CCc1cccc(C2=NCc3ccnc(OC4CCOCC4)c32)c1. The Hall–Kier alpha value is -2.71. The van der Waals surface area contributed by atoms with Gasteiger partial charge in [0.1, 0.15) is 6.10 Å². The summed E-state index contributed by atoms with van der Waals surface area (Å²) in [6.07, 6.45) is 4.09. The second-order valence-electron chi connectivity index (χ2n) is 6.28. The fraction of sp³-hybridized carbons (Fsp3) is 0.350. The van der Waals surface area contributed by atoms with Gasteiger partial charge in [-0.2, -0.15) is 5.26 Å². The number of benzene rings is 1. The number of hydrogen-bond donors (Lipinski definition) is 0. The molecule has 5 nitrogen and oxygen atoms in total. The van der Waals surface area contributed by atoms with E-state index in [2.05, 4.69) is 11.1 Å². The largest absolute Gasteiger partial charge is 0.474 e. The zero-order valence-corrected chi connectivity index (χ0v) is 13.9. The zero-order chi connectivity index (χ0) is 17.1. The number of rotatable bonds is 4. The normalized spacial score (nSPS) is 16.8. The van der Waals surface area contributed by atoms with Crippen LogP contribution in [0, 0.1) is 11.3 Å². The first-order valence-corrected chi connectivity index (χ1v) is 8.58. The molecule has 1 fully saturated rings. The van der Waals surface area contributed by atoms with Crippen molar-refractivity contribution < 1.29 is 9.47 Å². The Morgan fingerprint density at radius 1 is 1.24 bits per heavy atom. The third-order valence-corrected chi connectivity index (χ3v) is 4.58. The van der Waals surface area contributed by atoms with Crippen LogP contribution in [0.25, 0.3) is 0 Å². The molecule has 0 amide bonds. The maximum atomic E-state index is 8.94. The van der Waals surface area contributed by atoms with Gasteiger partial charge < -0.3 is 9.47 Å². The number of ether oxygens (including phenoxy) is 2. The minimum Gasteiger partial charge on any atom is -0.474 e. The summed E-state index contributed by atoms with van der Waals surface area (Å²) in [6, 6.07) is 12.2. The van der Waals surface area contributed by atoms with E-state index in [-0.39, 0.29) is 6.10 Å². The molecule has 0 N–H and O–H groups in total. The van der Waals surface area contributed by atoms with Crippen molar-refractivity contribution >= 4 is 5.71 Å². The minimum atomic E-state index is 0.138. The van der Waals surface area contributed by atoms with E-state index in [0.29, 0.717) is 18.8 Å². The summed E-state index contributed by atoms with van der Waals surface area (Å²) in [4.78, 5) is 9.20. The quantitative estimate of drug-likeness (QED) is 0.862. The fourth-order valence-electron chi connectivity index (χ4n) is 3.31. The van der Waals surface area contributed by atoms with Gasteiger partial charge in [0.05, 0.1) is 43.5 Å². The maximum absolute atomic E-state index is 8.94. The summed E-state index contributed by atoms with van der Waals surface area (Å²) >= 11 is 0. The smallest absolute Gasteiger partial charge is 0.223 e. The van der Waals surface area contributed by atoms with Crippen molar-refractivity contribution in [2.75, 3.05) is 13.2 Å². The molecule has 1 saturated heterocycles. The van der Waals surface area contributed by atoms with Crippen molar-refractivity contribution in [3.05, 3.63) is 58.8 Å². The molecular formula is C20H19N3O2. The van der Waals surface area contributed by atoms with Crippen LogP contribution in [-0.2, 0) is 17.7 Å². The van der Waals surface area contributed by atoms with Crippen LogP contribution in [0.15, 0.2) is 41.5 Å². The summed E-state index contributed by atoms with van der Waals surface area (Å²) in [6.45, 7) is 2.10. The van der Waals surface area contributed by atoms with Crippen molar-refractivity contribution in [1.82, 2.24) is 4.98 Å². The molecule has 126 valence electrons. The van der Waals surface area contributed by atoms with E-state index >= 15 is 0 Å². The molecule has 0 bridgehead atoms. The molecule has 3 heterocycles. The van der Waals surface area contributed by atoms with Gasteiger partial charge in [-0.1, -0.05) is 18.2 Å². The highest BCUT2D eigenvalue weighted by atomic mass is 16.5. The van der Waals surface area contributed by atoms with E-state index in [4.69, 9.17) is 19.7 Å². The average Bonchev–Trinajstić information content (AvgIpc) is 3.08. The maximum Gasteiger partial charge on any atom is 0.223 e. The molecule has 0 unspecified atom stereocenters. The van der Waals surface area contributed by atoms with Gasteiger partial charge in [0.2, 0.25) is 5.88 Å². The van der Waals surface area contributed by atoms with Crippen LogP contribution in [-0.4, -0.2) is 30.0 Å². The Morgan fingerprint density at radius 2 is 2.12 bits per heavy atom. The summed E-state index contributed by atoms with van der Waals surface area (Å²) in [5, 5.41) is 8.94. The molecule has 5 heteroatoms. The Labute approximate surface area is 146 Å². The molecule has 0 saturated carbocycles. The molecule has 2 aromatic rings. The van der Waals surface area contributed by atoms with Gasteiger partial charge in [0, 0.05) is 24.6 Å². The number of nitrogens with zero attached hydrogens (tertiary/aromatic N) is 3. The van der Waals surface area contributed by atoms with Gasteiger partial charge in [-0.3, -0.25) is 4.99 Å². The van der Waals surface area contributed by atoms with Crippen molar-refractivity contribution in [3.63, 3.8) is 0 Å². The predicted molar refractivity (Wildman–Crippen MR) is 93.8 cm³/mol. The van der Waals surface area contributed by atoms with Crippen molar-refractivity contribution in [2.24, 2.45) is 4.99 Å². The molecule has 1 aromatic heterocycles. The third-order valence-electron chi connectivity index (χ3n) is 4.58. The van der Waals surface area contributed by atoms with Crippen LogP contribution in [0.4, 0.5) is 0 Å². The molecular weight excluding hydrogens is 314 g/mol. The van der Waals surface area contributed by atoms with Gasteiger partial charge in [0.25, 0.3) is 0 Å². The van der Waals surface area contributed by atoms with Crippen molar-refractivity contribution in [2.45, 2.75) is 31.9 Å². The first-order chi connectivity index (χ1) is 12.3. The number of aromatic nitrogens is 1. The highest BCUT2D eigenvalue weighted by Gasteiger charge is 2.25. The molecule has 0 spiro atoms. The summed E-state index contributed by atoms with van der Waals surface area (Å²) in [5.74, 6) is 0.659. The van der Waals surface area contributed by atoms with Crippen molar-refractivity contribution in [1.29, 1.82) is 5.26 Å². The Morgan fingerprint density at radius 3 is 2.96 bits per heavy atom. The lowest BCUT2D eigenvalue weighted by Crippen LogP contribution is -2.27. The lowest BCUT2D eigenvalue weighted by molar-refractivity contribution is 0.0236. The first-order valence-electron chi connectivity index (χ1n) is 8.58. The molecule has 2 aliphatic heterocycles. The second-order valence-corrected chi connectivity index (χ2v) is 6.28. The summed E-state index contributed by atoms with van der Waals surface area (Å²) in [5.41, 5.74) is 5.04. The highest BCUT2D eigenvalue weighted by molar-refractivity contribution is 6.16. The molecule has 25 heavy (non-hydrogen) atoms. The standard InChI is InChI=1S/C20H19N3O2/c21-8-4-14-2-1-3-15(12-14)19-18-16(13-23-19)5-9-22-20(18)25-17-6-10-24-11-7-17/h1-3,5,9,12,17H,4,6-7,10-11,13H2. The zero-order valence-electron chi connectivity index (χ0n) is 13.9. The first kappa shape index (κ1) is 15.8. The number of pyridine rings is 1. The van der Waals surface area contributed by atoms with E-state index < -0.39 is 0 Å². The Bertz CT molecular complexity index is 848. The van der Waals surface area contributed by atoms with E-state index in [0.717, 1.165) is 54.0 Å². The van der Waals surface area contributed by atoms with Crippen molar-refractivity contribution in [3.8, 4) is 11.9 Å². The average molecular weight is 333 g/mol. The topological polar surface area (TPSA) is 67.5 Å². The molecule has 2 aliphatic rings. The van der Waals surface area contributed by atoms with Crippen LogP contribution in [0.2, 0.25) is 0 Å². The van der Waals surface area contributed by atoms with Gasteiger partial charge in [-0.05, 0) is 23.3 Å². The van der Waals surface area contributed by atoms with Gasteiger partial charge in [0.15, 0.2) is 0 Å². The molecule has 0 aliphatic carbocycles. The van der Waals surface area contributed by atoms with Gasteiger partial charge in [-0.15, -0.1) is 0 Å². The van der Waals surface area contributed by atoms with E-state index in [1.165, 1.54) is 0 Å². The van der Waals surface area contributed by atoms with Crippen LogP contribution < -0.4 is 4.74 Å². The molecule has 0 atom stereocenters. The minimum absolute atomic E-state index is 0.138. The predicted octanol–water partition coefficient (Wildman–Crippen LogP) is 3.06. The fourth-order valence-corrected chi connectivity index (χ4v) is 3.31. The number of hydrogen-bond acceptors (Lipinski definition) is 5. The monoisotopic (exact) mass is 333 g/mol. The van der Waals surface area contributed by atoms with Crippen LogP contribution in [0.5, 0.6) is 5.88 Å². The van der Waals surface area contributed by atoms with E-state index in [1.54, 1.807) is 6.20 Å². The number of fused-ring (bicyclic) bond motifs is 1. The van der Waals surface area contributed by atoms with E-state index in [9.17, 15) is 0 Å². The van der Waals surface area contributed by atoms with Gasteiger partial charge >= 0.3 is 0 Å². The van der Waals surface area contributed by atoms with Crippen LogP contribution in [0.3, 0.4) is 0 Å². The summed E-state index contributed by atoms with van der Waals surface area (Å²) in [7, 11) is 0.